The van der Waals surface area contributed by atoms with Crippen molar-refractivity contribution in [1.29, 1.82) is 0 Å². The summed E-state index contributed by atoms with van der Waals surface area (Å²) in [7, 11) is 1.59. The number of benzene rings is 1. The number of hydrogen-bond acceptors (Lipinski definition) is 7. The summed E-state index contributed by atoms with van der Waals surface area (Å²) in [5.74, 6) is 0.697. The van der Waals surface area contributed by atoms with Crippen LogP contribution in [0, 0.1) is 0 Å². The summed E-state index contributed by atoms with van der Waals surface area (Å²) >= 11 is 1.44. The topological polar surface area (TPSA) is 77.4 Å². The Labute approximate surface area is 194 Å². The first kappa shape index (κ1) is 24.2. The number of unbranched alkanes of at least 4 members (excludes halogenated alkanes) is 2. The van der Waals surface area contributed by atoms with Gasteiger partial charge in [-0.1, -0.05) is 44.5 Å². The van der Waals surface area contributed by atoms with Crippen LogP contribution in [-0.4, -0.2) is 47.5 Å². The SMILES string of the molecule is CCCCCOc1ccc(C2C(C(=O)OCC)=C(C)N=C3SC(CC)C(=O)N32)cc1OC. The molecule has 2 aliphatic heterocycles. The largest absolute Gasteiger partial charge is 0.493 e. The molecule has 0 radical (unpaired) electrons. The van der Waals surface area contributed by atoms with Crippen LogP contribution >= 0.6 is 11.8 Å². The van der Waals surface area contributed by atoms with Gasteiger partial charge in [0.05, 0.1) is 42.9 Å². The Morgan fingerprint density at radius 2 is 1.97 bits per heavy atom. The van der Waals surface area contributed by atoms with Crippen LogP contribution < -0.4 is 9.47 Å². The van der Waals surface area contributed by atoms with Gasteiger partial charge < -0.3 is 14.2 Å². The van der Waals surface area contributed by atoms with Crippen LogP contribution in [0.15, 0.2) is 34.5 Å². The molecule has 0 N–H and O–H groups in total. The number of amidine groups is 1. The number of aliphatic imine (C=N–C) groups is 1. The molecule has 2 atom stereocenters. The summed E-state index contributed by atoms with van der Waals surface area (Å²) in [5.41, 5.74) is 1.69. The van der Waals surface area contributed by atoms with E-state index in [0.29, 0.717) is 41.0 Å². The maximum absolute atomic E-state index is 13.2. The van der Waals surface area contributed by atoms with E-state index in [1.807, 2.05) is 25.1 Å². The third-order valence-electron chi connectivity index (χ3n) is 5.53. The van der Waals surface area contributed by atoms with E-state index in [-0.39, 0.29) is 17.8 Å². The van der Waals surface area contributed by atoms with Crippen LogP contribution in [0.25, 0.3) is 0 Å². The summed E-state index contributed by atoms with van der Waals surface area (Å²) in [4.78, 5) is 32.3. The quantitative estimate of drug-likeness (QED) is 0.366. The van der Waals surface area contributed by atoms with E-state index in [1.54, 1.807) is 25.9 Å². The molecule has 0 spiro atoms. The molecule has 8 heteroatoms. The third-order valence-corrected chi connectivity index (χ3v) is 6.84. The number of rotatable bonds is 10. The monoisotopic (exact) mass is 460 g/mol. The van der Waals surface area contributed by atoms with Crippen molar-refractivity contribution in [1.82, 2.24) is 4.90 Å². The van der Waals surface area contributed by atoms with Crippen LogP contribution in [0.1, 0.15) is 65.0 Å². The highest BCUT2D eigenvalue weighted by molar-refractivity contribution is 8.15. The van der Waals surface area contributed by atoms with Crippen molar-refractivity contribution in [2.75, 3.05) is 20.3 Å². The zero-order valence-corrected chi connectivity index (χ0v) is 20.3. The number of thioether (sulfide) groups is 1. The molecule has 2 heterocycles. The zero-order chi connectivity index (χ0) is 23.3. The minimum absolute atomic E-state index is 0.0468. The van der Waals surface area contributed by atoms with Gasteiger partial charge in [-0.3, -0.25) is 9.69 Å². The average molecular weight is 461 g/mol. The first-order valence-corrected chi connectivity index (χ1v) is 12.1. The molecule has 0 aliphatic carbocycles. The van der Waals surface area contributed by atoms with Crippen LogP contribution in [0.2, 0.25) is 0 Å². The third kappa shape index (κ3) is 4.80. The summed E-state index contributed by atoms with van der Waals surface area (Å²) < 4.78 is 16.8. The Kier molecular flexibility index (Phi) is 8.23. The fourth-order valence-corrected chi connectivity index (χ4v) is 5.02. The maximum atomic E-state index is 13.2. The van der Waals surface area contributed by atoms with Gasteiger partial charge in [0.1, 0.15) is 0 Å². The molecule has 1 saturated heterocycles. The Hall–Kier alpha value is -2.48. The Morgan fingerprint density at radius 1 is 1.19 bits per heavy atom. The minimum atomic E-state index is -0.624. The van der Waals surface area contributed by atoms with Crippen molar-refractivity contribution in [3.8, 4) is 11.5 Å². The van der Waals surface area contributed by atoms with Gasteiger partial charge in [0.2, 0.25) is 5.91 Å². The van der Waals surface area contributed by atoms with Crippen molar-refractivity contribution in [2.24, 2.45) is 4.99 Å². The van der Waals surface area contributed by atoms with Gasteiger partial charge in [-0.05, 0) is 44.4 Å². The van der Waals surface area contributed by atoms with E-state index >= 15 is 0 Å². The summed E-state index contributed by atoms with van der Waals surface area (Å²) in [6, 6.07) is 4.94. The molecule has 3 rings (SSSR count). The number of ether oxygens (including phenoxy) is 3. The van der Waals surface area contributed by atoms with Crippen LogP contribution in [0.4, 0.5) is 0 Å². The molecular formula is C24H32N2O5S. The molecule has 2 aliphatic rings. The number of carbonyl (C=O) groups excluding carboxylic acids is 2. The summed E-state index contributed by atoms with van der Waals surface area (Å²) in [5, 5.41) is 0.407. The number of hydrogen-bond donors (Lipinski definition) is 0. The smallest absolute Gasteiger partial charge is 0.338 e. The van der Waals surface area contributed by atoms with Gasteiger partial charge in [0, 0.05) is 0 Å². The fraction of sp³-hybridized carbons (Fsp3) is 0.542. The van der Waals surface area contributed by atoms with Gasteiger partial charge in [0.25, 0.3) is 0 Å². The van der Waals surface area contributed by atoms with Gasteiger partial charge >= 0.3 is 5.97 Å². The number of methoxy groups -OCH3 is 1. The fourth-order valence-electron chi connectivity index (χ4n) is 3.88. The second-order valence-electron chi connectivity index (χ2n) is 7.71. The number of fused-ring (bicyclic) bond motifs is 1. The zero-order valence-electron chi connectivity index (χ0n) is 19.5. The molecule has 0 bridgehead atoms. The molecule has 0 aromatic heterocycles. The Bertz CT molecular complexity index is 927. The van der Waals surface area contributed by atoms with Crippen molar-refractivity contribution in [3.05, 3.63) is 35.0 Å². The van der Waals surface area contributed by atoms with Gasteiger partial charge in [-0.15, -0.1) is 0 Å². The number of nitrogens with zero attached hydrogens (tertiary/aromatic N) is 2. The molecule has 1 aromatic carbocycles. The first-order valence-electron chi connectivity index (χ1n) is 11.2. The van der Waals surface area contributed by atoms with Crippen LogP contribution in [0.5, 0.6) is 11.5 Å². The second-order valence-corrected chi connectivity index (χ2v) is 8.88. The summed E-state index contributed by atoms with van der Waals surface area (Å²) in [6.07, 6.45) is 3.88. The molecule has 2 unspecified atom stereocenters. The lowest BCUT2D eigenvalue weighted by molar-refractivity contribution is -0.139. The number of allylic oxidation sites excluding steroid dienone is 1. The molecule has 1 fully saturated rings. The van der Waals surface area contributed by atoms with Gasteiger partial charge in [-0.2, -0.15) is 0 Å². The van der Waals surface area contributed by atoms with Crippen molar-refractivity contribution < 1.29 is 23.8 Å². The van der Waals surface area contributed by atoms with E-state index in [2.05, 4.69) is 11.9 Å². The maximum Gasteiger partial charge on any atom is 0.338 e. The van der Waals surface area contributed by atoms with Crippen molar-refractivity contribution in [2.45, 2.75) is 64.7 Å². The van der Waals surface area contributed by atoms with E-state index in [9.17, 15) is 9.59 Å². The molecule has 0 saturated carbocycles. The Balaban J connectivity index is 2.02. The standard InChI is InChI=1S/C24H32N2O5S/c1-6-9-10-13-31-17-12-11-16(14-18(17)29-5)21-20(23(28)30-8-3)15(4)25-24-26(21)22(27)19(7-2)32-24/h11-12,14,19,21H,6-10,13H2,1-5H3. The normalized spacial score (nSPS) is 20.2. The molecular weight excluding hydrogens is 428 g/mol. The van der Waals surface area contributed by atoms with Crippen molar-refractivity contribution in [3.63, 3.8) is 0 Å². The summed E-state index contributed by atoms with van der Waals surface area (Å²) in [6.45, 7) is 8.52. The highest BCUT2D eigenvalue weighted by atomic mass is 32.2. The van der Waals surface area contributed by atoms with E-state index in [1.165, 1.54) is 11.8 Å². The van der Waals surface area contributed by atoms with Crippen LogP contribution in [0.3, 0.4) is 0 Å². The lowest BCUT2D eigenvalue weighted by atomic mass is 9.94. The molecule has 1 amide bonds. The molecule has 1 aromatic rings. The highest BCUT2D eigenvalue weighted by Crippen LogP contribution is 2.45. The van der Waals surface area contributed by atoms with E-state index in [0.717, 1.165) is 24.8 Å². The van der Waals surface area contributed by atoms with Gasteiger partial charge in [-0.25, -0.2) is 9.79 Å². The minimum Gasteiger partial charge on any atom is -0.493 e. The predicted molar refractivity (Wildman–Crippen MR) is 126 cm³/mol. The van der Waals surface area contributed by atoms with E-state index < -0.39 is 12.0 Å². The highest BCUT2D eigenvalue weighted by Gasteiger charge is 2.47. The lowest BCUT2D eigenvalue weighted by Crippen LogP contribution is -2.40. The van der Waals surface area contributed by atoms with Crippen LogP contribution in [-0.2, 0) is 14.3 Å². The van der Waals surface area contributed by atoms with Gasteiger partial charge in [0.15, 0.2) is 16.7 Å². The van der Waals surface area contributed by atoms with Crippen molar-refractivity contribution >= 4 is 28.8 Å². The molecule has 174 valence electrons. The number of amides is 1. The lowest BCUT2D eigenvalue weighted by Gasteiger charge is -2.33. The predicted octanol–water partition coefficient (Wildman–Crippen LogP) is 4.87. The number of carbonyl (C=O) groups is 2. The number of esters is 1. The second kappa shape index (κ2) is 10.9. The van der Waals surface area contributed by atoms with E-state index in [4.69, 9.17) is 14.2 Å². The first-order chi connectivity index (χ1) is 15.5. The molecule has 7 nitrogen and oxygen atoms in total. The Morgan fingerprint density at radius 3 is 2.62 bits per heavy atom. The average Bonchev–Trinajstić information content (AvgIpc) is 3.10. The molecule has 32 heavy (non-hydrogen) atoms.